The van der Waals surface area contributed by atoms with E-state index in [1.54, 1.807) is 0 Å². The molecule has 0 fully saturated rings. The summed E-state index contributed by atoms with van der Waals surface area (Å²) >= 11 is 0. The maximum atomic E-state index is 12.2. The molecule has 18 heavy (non-hydrogen) atoms. The van der Waals surface area contributed by atoms with E-state index in [0.29, 0.717) is 6.54 Å². The van der Waals surface area contributed by atoms with Gasteiger partial charge >= 0.3 is 0 Å². The van der Waals surface area contributed by atoms with Gasteiger partial charge < -0.3 is 10.0 Å². The predicted molar refractivity (Wildman–Crippen MR) is 71.7 cm³/mol. The number of para-hydroxylation sites is 1. The molecule has 1 aromatic carbocycles. The van der Waals surface area contributed by atoms with Crippen molar-refractivity contribution in [3.63, 3.8) is 0 Å². The lowest BCUT2D eigenvalue weighted by atomic mass is 10.2. The monoisotopic (exact) mass is 248 g/mol. The number of benzene rings is 1. The van der Waals surface area contributed by atoms with E-state index in [2.05, 4.69) is 6.07 Å². The number of anilines is 1. The first kappa shape index (κ1) is 13.1. The normalized spacial score (nSPS) is 15.9. The third-order valence-electron chi connectivity index (χ3n) is 3.59. The van der Waals surface area contributed by atoms with Crippen molar-refractivity contribution in [1.29, 1.82) is 0 Å². The molecule has 0 aliphatic carbocycles. The molecule has 0 saturated carbocycles. The van der Waals surface area contributed by atoms with Crippen LogP contribution in [0.5, 0.6) is 0 Å². The van der Waals surface area contributed by atoms with Gasteiger partial charge in [0.05, 0.1) is 13.2 Å². The number of carbonyl (C=O) groups is 1. The van der Waals surface area contributed by atoms with Crippen LogP contribution in [0, 0.1) is 0 Å². The maximum absolute atomic E-state index is 12.2. The summed E-state index contributed by atoms with van der Waals surface area (Å²) in [5.74, 6) is 0.0998. The van der Waals surface area contributed by atoms with E-state index in [1.165, 1.54) is 5.56 Å². The molecule has 1 aliphatic rings. The Balaban J connectivity index is 2.03. The smallest absolute Gasteiger partial charge is 0.241 e. The number of amides is 1. The Morgan fingerprint density at radius 1 is 1.50 bits per heavy atom. The zero-order valence-corrected chi connectivity index (χ0v) is 11.0. The Morgan fingerprint density at radius 3 is 2.94 bits per heavy atom. The molecular formula is C14H20N2O2. The van der Waals surface area contributed by atoms with E-state index >= 15 is 0 Å². The molecule has 4 nitrogen and oxygen atoms in total. The van der Waals surface area contributed by atoms with Gasteiger partial charge in [-0.25, -0.2) is 0 Å². The van der Waals surface area contributed by atoms with Crippen molar-refractivity contribution >= 4 is 11.6 Å². The summed E-state index contributed by atoms with van der Waals surface area (Å²) < 4.78 is 0. The van der Waals surface area contributed by atoms with Gasteiger partial charge in [-0.1, -0.05) is 18.2 Å². The third-order valence-corrected chi connectivity index (χ3v) is 3.59. The molecule has 0 aromatic heterocycles. The summed E-state index contributed by atoms with van der Waals surface area (Å²) in [6.07, 6.45) is 0.932. The number of likely N-dealkylation sites (N-methyl/N-ethyl adjacent to an activating group) is 1. The number of carbonyl (C=O) groups excluding carboxylic acids is 1. The fourth-order valence-corrected chi connectivity index (χ4v) is 2.19. The van der Waals surface area contributed by atoms with Crippen molar-refractivity contribution in [3.8, 4) is 0 Å². The predicted octanol–water partition coefficient (Wildman–Crippen LogP) is 0.888. The standard InChI is InChI=1S/C14H20N2O2/c1-11(10-17)15(2)9-14(18)16-8-7-12-5-3-4-6-13(12)16/h3-6,11,17H,7-10H2,1-2H3. The summed E-state index contributed by atoms with van der Waals surface area (Å²) in [6.45, 7) is 3.08. The third kappa shape index (κ3) is 2.54. The highest BCUT2D eigenvalue weighted by Crippen LogP contribution is 2.27. The largest absolute Gasteiger partial charge is 0.395 e. The lowest BCUT2D eigenvalue weighted by Crippen LogP contribution is -2.42. The van der Waals surface area contributed by atoms with Gasteiger partial charge in [0.25, 0.3) is 0 Å². The van der Waals surface area contributed by atoms with Crippen LogP contribution in [0.3, 0.4) is 0 Å². The first-order valence-electron chi connectivity index (χ1n) is 6.33. The van der Waals surface area contributed by atoms with Gasteiger partial charge in [0.1, 0.15) is 0 Å². The minimum absolute atomic E-state index is 0.00629. The van der Waals surface area contributed by atoms with Crippen molar-refractivity contribution in [2.75, 3.05) is 31.6 Å². The molecule has 1 heterocycles. The quantitative estimate of drug-likeness (QED) is 0.860. The van der Waals surface area contributed by atoms with Gasteiger partial charge in [-0.2, -0.15) is 0 Å². The van der Waals surface area contributed by atoms with E-state index in [4.69, 9.17) is 5.11 Å². The molecule has 1 atom stereocenters. The number of fused-ring (bicyclic) bond motifs is 1. The highest BCUT2D eigenvalue weighted by Gasteiger charge is 2.25. The van der Waals surface area contributed by atoms with Crippen molar-refractivity contribution in [1.82, 2.24) is 4.90 Å². The van der Waals surface area contributed by atoms with Crippen LogP contribution in [0.2, 0.25) is 0 Å². The fourth-order valence-electron chi connectivity index (χ4n) is 2.19. The van der Waals surface area contributed by atoms with Crippen LogP contribution in [0.1, 0.15) is 12.5 Å². The van der Waals surface area contributed by atoms with Crippen molar-refractivity contribution in [3.05, 3.63) is 29.8 Å². The molecule has 98 valence electrons. The minimum atomic E-state index is 0.00629. The molecule has 1 aliphatic heterocycles. The summed E-state index contributed by atoms with van der Waals surface area (Å²) in [5.41, 5.74) is 2.27. The second-order valence-corrected chi connectivity index (χ2v) is 4.87. The van der Waals surface area contributed by atoms with Crippen LogP contribution < -0.4 is 4.90 Å². The van der Waals surface area contributed by atoms with Crippen molar-refractivity contribution in [2.45, 2.75) is 19.4 Å². The highest BCUT2D eigenvalue weighted by atomic mass is 16.3. The van der Waals surface area contributed by atoms with Crippen LogP contribution >= 0.6 is 0 Å². The van der Waals surface area contributed by atoms with E-state index in [1.807, 2.05) is 42.0 Å². The molecular weight excluding hydrogens is 228 g/mol. The Kier molecular flexibility index (Phi) is 3.99. The Hall–Kier alpha value is -1.39. The maximum Gasteiger partial charge on any atom is 0.241 e. The molecule has 1 aromatic rings. The van der Waals surface area contributed by atoms with Crippen molar-refractivity contribution < 1.29 is 9.90 Å². The lowest BCUT2D eigenvalue weighted by Gasteiger charge is -2.25. The number of nitrogens with zero attached hydrogens (tertiary/aromatic N) is 2. The van der Waals surface area contributed by atoms with Gasteiger partial charge in [0.2, 0.25) is 5.91 Å². The van der Waals surface area contributed by atoms with Gasteiger partial charge in [-0.15, -0.1) is 0 Å². The number of aliphatic hydroxyl groups excluding tert-OH is 1. The number of hydrogen-bond donors (Lipinski definition) is 1. The second kappa shape index (κ2) is 5.50. The van der Waals surface area contributed by atoms with E-state index in [0.717, 1.165) is 18.7 Å². The van der Waals surface area contributed by atoms with E-state index in [-0.39, 0.29) is 18.6 Å². The molecule has 1 N–H and O–H groups in total. The first-order valence-corrected chi connectivity index (χ1v) is 6.33. The fraction of sp³-hybridized carbons (Fsp3) is 0.500. The Labute approximate surface area is 108 Å². The minimum Gasteiger partial charge on any atom is -0.395 e. The van der Waals surface area contributed by atoms with Gasteiger partial charge in [0, 0.05) is 18.3 Å². The summed E-state index contributed by atoms with van der Waals surface area (Å²) in [4.78, 5) is 16.0. The average Bonchev–Trinajstić information content (AvgIpc) is 2.81. The molecule has 0 saturated heterocycles. The number of aliphatic hydroxyl groups is 1. The first-order chi connectivity index (χ1) is 8.63. The van der Waals surface area contributed by atoms with Crippen molar-refractivity contribution in [2.24, 2.45) is 0 Å². The SMILES string of the molecule is CC(CO)N(C)CC(=O)N1CCc2ccccc21. The highest BCUT2D eigenvalue weighted by molar-refractivity contribution is 5.96. The molecule has 4 heteroatoms. The Morgan fingerprint density at radius 2 is 2.22 bits per heavy atom. The van der Waals surface area contributed by atoms with Crippen LogP contribution in [0.4, 0.5) is 5.69 Å². The number of rotatable bonds is 4. The molecule has 0 spiro atoms. The Bertz CT molecular complexity index is 434. The zero-order chi connectivity index (χ0) is 13.1. The topological polar surface area (TPSA) is 43.8 Å². The van der Waals surface area contributed by atoms with Crippen LogP contribution in [0.15, 0.2) is 24.3 Å². The van der Waals surface area contributed by atoms with E-state index < -0.39 is 0 Å². The summed E-state index contributed by atoms with van der Waals surface area (Å²) in [5, 5.41) is 9.07. The summed E-state index contributed by atoms with van der Waals surface area (Å²) in [7, 11) is 1.86. The molecule has 2 rings (SSSR count). The molecule has 0 bridgehead atoms. The van der Waals surface area contributed by atoms with Crippen LogP contribution in [0.25, 0.3) is 0 Å². The van der Waals surface area contributed by atoms with Gasteiger partial charge in [-0.05, 0) is 32.0 Å². The van der Waals surface area contributed by atoms with Gasteiger partial charge in [0.15, 0.2) is 0 Å². The average molecular weight is 248 g/mol. The lowest BCUT2D eigenvalue weighted by molar-refractivity contribution is -0.119. The molecule has 1 amide bonds. The van der Waals surface area contributed by atoms with E-state index in [9.17, 15) is 4.79 Å². The van der Waals surface area contributed by atoms with Gasteiger partial charge in [-0.3, -0.25) is 9.69 Å². The van der Waals surface area contributed by atoms with Crippen LogP contribution in [-0.4, -0.2) is 48.7 Å². The van der Waals surface area contributed by atoms with Crippen LogP contribution in [-0.2, 0) is 11.2 Å². The number of hydrogen-bond acceptors (Lipinski definition) is 3. The molecule has 1 unspecified atom stereocenters. The summed E-state index contributed by atoms with van der Waals surface area (Å²) in [6, 6.07) is 8.04. The second-order valence-electron chi connectivity index (χ2n) is 4.87. The molecule has 0 radical (unpaired) electrons. The zero-order valence-electron chi connectivity index (χ0n) is 11.0.